The standard InChI is InChI=1S/C7H14NS/c1-6(2)3-4-7(8)5-9/h6-7H,3-4,8H2,1-2H3. The van der Waals surface area contributed by atoms with E-state index in [1.807, 2.05) is 0 Å². The molecule has 0 amide bonds. The van der Waals surface area contributed by atoms with E-state index in [-0.39, 0.29) is 6.04 Å². The molecule has 2 N–H and O–H groups in total. The molecule has 0 aliphatic heterocycles. The number of rotatable bonds is 4. The van der Waals surface area contributed by atoms with Crippen LogP contribution in [0, 0.1) is 5.92 Å². The molecule has 1 unspecified atom stereocenters. The maximum Gasteiger partial charge on any atom is 0.0475 e. The fourth-order valence-corrected chi connectivity index (χ4v) is 0.690. The lowest BCUT2D eigenvalue weighted by Gasteiger charge is -2.05. The Kier molecular flexibility index (Phi) is 4.91. The van der Waals surface area contributed by atoms with Gasteiger partial charge < -0.3 is 5.73 Å². The normalized spacial score (nSPS) is 13.8. The Morgan fingerprint density at radius 3 is 2.33 bits per heavy atom. The summed E-state index contributed by atoms with van der Waals surface area (Å²) in [5, 5.41) is 2.58. The fraction of sp³-hybridized carbons (Fsp3) is 0.857. The molecule has 0 saturated heterocycles. The lowest BCUT2D eigenvalue weighted by Crippen LogP contribution is -2.20. The van der Waals surface area contributed by atoms with Gasteiger partial charge in [0.1, 0.15) is 0 Å². The Balaban J connectivity index is 3.16. The van der Waals surface area contributed by atoms with Crippen molar-refractivity contribution in [3.05, 3.63) is 0 Å². The Morgan fingerprint density at radius 1 is 1.44 bits per heavy atom. The van der Waals surface area contributed by atoms with Crippen LogP contribution in [0.1, 0.15) is 26.7 Å². The molecule has 0 fully saturated rings. The third kappa shape index (κ3) is 5.93. The van der Waals surface area contributed by atoms with Gasteiger partial charge in [0.25, 0.3) is 0 Å². The molecule has 0 aliphatic rings. The third-order valence-corrected chi connectivity index (χ3v) is 1.51. The quantitative estimate of drug-likeness (QED) is 0.607. The van der Waals surface area contributed by atoms with E-state index in [0.29, 0.717) is 0 Å². The predicted molar refractivity (Wildman–Crippen MR) is 44.6 cm³/mol. The van der Waals surface area contributed by atoms with Gasteiger partial charge in [0, 0.05) is 11.4 Å². The molecule has 9 heavy (non-hydrogen) atoms. The van der Waals surface area contributed by atoms with Gasteiger partial charge in [-0.25, -0.2) is 0 Å². The molecule has 0 aliphatic carbocycles. The number of thiocarbonyl (C=S) groups is 1. The third-order valence-electron chi connectivity index (χ3n) is 1.21. The fourth-order valence-electron chi connectivity index (χ4n) is 0.572. The summed E-state index contributed by atoms with van der Waals surface area (Å²) in [4.78, 5) is 0. The van der Waals surface area contributed by atoms with Gasteiger partial charge >= 0.3 is 0 Å². The minimum absolute atomic E-state index is 0.00222. The Bertz CT molecular complexity index is 81.0. The first kappa shape index (κ1) is 9.05. The summed E-state index contributed by atoms with van der Waals surface area (Å²) < 4.78 is 0. The van der Waals surface area contributed by atoms with E-state index in [1.54, 1.807) is 0 Å². The van der Waals surface area contributed by atoms with Crippen molar-refractivity contribution in [2.24, 2.45) is 11.7 Å². The second-order valence-corrected chi connectivity index (χ2v) is 2.93. The number of hydrogen-bond acceptors (Lipinski definition) is 2. The molecule has 0 aromatic heterocycles. The lowest BCUT2D eigenvalue weighted by molar-refractivity contribution is 0.544. The second kappa shape index (κ2) is 4.89. The first-order valence-electron chi connectivity index (χ1n) is 3.30. The molecular weight excluding hydrogens is 130 g/mol. The number of hydrogen-bond donors (Lipinski definition) is 1. The van der Waals surface area contributed by atoms with Crippen LogP contribution in [0.3, 0.4) is 0 Å². The monoisotopic (exact) mass is 144 g/mol. The first-order chi connectivity index (χ1) is 4.16. The van der Waals surface area contributed by atoms with Gasteiger partial charge in [-0.2, -0.15) is 0 Å². The average molecular weight is 144 g/mol. The maximum atomic E-state index is 5.51. The number of nitrogens with two attached hydrogens (primary N) is 1. The van der Waals surface area contributed by atoms with Gasteiger partial charge in [-0.3, -0.25) is 0 Å². The molecule has 2 heteroatoms. The van der Waals surface area contributed by atoms with E-state index >= 15 is 0 Å². The Labute approximate surface area is 62.6 Å². The van der Waals surface area contributed by atoms with E-state index in [2.05, 4.69) is 31.4 Å². The molecule has 1 atom stereocenters. The Morgan fingerprint density at radius 2 is 2.00 bits per heavy atom. The van der Waals surface area contributed by atoms with E-state index in [9.17, 15) is 0 Å². The molecule has 1 radical (unpaired) electrons. The van der Waals surface area contributed by atoms with Crippen molar-refractivity contribution in [2.45, 2.75) is 32.7 Å². The highest BCUT2D eigenvalue weighted by Gasteiger charge is 1.99. The molecule has 0 saturated carbocycles. The summed E-state index contributed by atoms with van der Waals surface area (Å²) in [6, 6.07) is 0.00222. The van der Waals surface area contributed by atoms with Crippen LogP contribution in [0.5, 0.6) is 0 Å². The minimum atomic E-state index is 0.00222. The summed E-state index contributed by atoms with van der Waals surface area (Å²) in [5.74, 6) is 0.722. The molecule has 0 spiro atoms. The lowest BCUT2D eigenvalue weighted by atomic mass is 10.1. The average Bonchev–Trinajstić information content (AvgIpc) is 1.83. The summed E-state index contributed by atoms with van der Waals surface area (Å²) in [7, 11) is 0. The highest BCUT2D eigenvalue weighted by molar-refractivity contribution is 7.79. The van der Waals surface area contributed by atoms with Crippen LogP contribution in [0.25, 0.3) is 0 Å². The van der Waals surface area contributed by atoms with Gasteiger partial charge in [0.2, 0.25) is 0 Å². The molecule has 0 heterocycles. The largest absolute Gasteiger partial charge is 0.323 e. The SMILES string of the molecule is CC(C)CCC(N)[C]=S. The van der Waals surface area contributed by atoms with Crippen molar-refractivity contribution in [1.29, 1.82) is 0 Å². The first-order valence-corrected chi connectivity index (χ1v) is 3.71. The molecule has 0 rings (SSSR count). The van der Waals surface area contributed by atoms with Crippen LogP contribution in [-0.4, -0.2) is 11.4 Å². The Hall–Kier alpha value is 0.0500. The van der Waals surface area contributed by atoms with E-state index in [1.165, 1.54) is 0 Å². The van der Waals surface area contributed by atoms with Crippen molar-refractivity contribution in [2.75, 3.05) is 0 Å². The second-order valence-electron chi connectivity index (χ2n) is 2.70. The molecule has 0 aromatic carbocycles. The molecule has 0 aromatic rings. The zero-order chi connectivity index (χ0) is 7.28. The van der Waals surface area contributed by atoms with E-state index < -0.39 is 0 Å². The smallest absolute Gasteiger partial charge is 0.0475 e. The van der Waals surface area contributed by atoms with Gasteiger partial charge in [-0.1, -0.05) is 26.1 Å². The van der Waals surface area contributed by atoms with Crippen LogP contribution < -0.4 is 5.73 Å². The van der Waals surface area contributed by atoms with Crippen LogP contribution >= 0.6 is 12.2 Å². The van der Waals surface area contributed by atoms with Crippen molar-refractivity contribution >= 4 is 17.6 Å². The van der Waals surface area contributed by atoms with Gasteiger partial charge in [-0.15, -0.1) is 0 Å². The molecule has 1 nitrogen and oxygen atoms in total. The van der Waals surface area contributed by atoms with Crippen LogP contribution in [-0.2, 0) is 0 Å². The summed E-state index contributed by atoms with van der Waals surface area (Å²) >= 11 is 4.55. The molecule has 53 valence electrons. The zero-order valence-corrected chi connectivity index (χ0v) is 6.87. The van der Waals surface area contributed by atoms with Crippen LogP contribution in [0.2, 0.25) is 0 Å². The van der Waals surface area contributed by atoms with E-state index in [0.717, 1.165) is 18.8 Å². The van der Waals surface area contributed by atoms with Crippen LogP contribution in [0.4, 0.5) is 0 Å². The maximum absolute atomic E-state index is 5.51. The van der Waals surface area contributed by atoms with Gasteiger partial charge in [0.15, 0.2) is 0 Å². The van der Waals surface area contributed by atoms with Crippen molar-refractivity contribution in [1.82, 2.24) is 0 Å². The topological polar surface area (TPSA) is 26.0 Å². The summed E-state index contributed by atoms with van der Waals surface area (Å²) in [6.45, 7) is 4.35. The van der Waals surface area contributed by atoms with Gasteiger partial charge in [-0.05, 0) is 18.8 Å². The predicted octanol–water partition coefficient (Wildman–Crippen LogP) is 1.63. The van der Waals surface area contributed by atoms with Crippen molar-refractivity contribution in [3.8, 4) is 0 Å². The molecule has 0 bridgehead atoms. The van der Waals surface area contributed by atoms with Crippen molar-refractivity contribution in [3.63, 3.8) is 0 Å². The minimum Gasteiger partial charge on any atom is -0.323 e. The van der Waals surface area contributed by atoms with Crippen molar-refractivity contribution < 1.29 is 0 Å². The zero-order valence-electron chi connectivity index (χ0n) is 6.05. The van der Waals surface area contributed by atoms with E-state index in [4.69, 9.17) is 5.73 Å². The highest BCUT2D eigenvalue weighted by atomic mass is 32.1. The summed E-state index contributed by atoms with van der Waals surface area (Å²) in [6.07, 6.45) is 2.12. The van der Waals surface area contributed by atoms with Crippen LogP contribution in [0.15, 0.2) is 0 Å². The summed E-state index contributed by atoms with van der Waals surface area (Å²) in [5.41, 5.74) is 5.51. The molecular formula is C7H14NS. The van der Waals surface area contributed by atoms with Gasteiger partial charge in [0.05, 0.1) is 0 Å². The highest BCUT2D eigenvalue weighted by Crippen LogP contribution is 2.03.